The zero-order chi connectivity index (χ0) is 13.8. The lowest BCUT2D eigenvalue weighted by molar-refractivity contribution is 0.397. The molecule has 2 N–H and O–H groups in total. The number of aromatic hydroxyl groups is 1. The maximum atomic E-state index is 13.5. The van der Waals surface area contributed by atoms with Gasteiger partial charge >= 0.3 is 0 Å². The van der Waals surface area contributed by atoms with Crippen LogP contribution < -0.4 is 10.1 Å². The molecule has 1 aromatic heterocycles. The summed E-state index contributed by atoms with van der Waals surface area (Å²) in [5, 5.41) is 12.6. The lowest BCUT2D eigenvalue weighted by Crippen LogP contribution is -2.03. The predicted molar refractivity (Wildman–Crippen MR) is 73.9 cm³/mol. The lowest BCUT2D eigenvalue weighted by Gasteiger charge is -2.10. The molecule has 6 heteroatoms. The Morgan fingerprint density at radius 3 is 2.89 bits per heavy atom. The Morgan fingerprint density at radius 2 is 2.21 bits per heavy atom. The van der Waals surface area contributed by atoms with Gasteiger partial charge in [0, 0.05) is 23.9 Å². The number of phenols is 1. The molecule has 0 unspecified atom stereocenters. The number of pyridine rings is 1. The van der Waals surface area contributed by atoms with Crippen LogP contribution in [0, 0.1) is 5.82 Å². The highest BCUT2D eigenvalue weighted by Crippen LogP contribution is 2.24. The van der Waals surface area contributed by atoms with Crippen molar-refractivity contribution in [2.75, 3.05) is 12.4 Å². The molecule has 4 nitrogen and oxygen atoms in total. The molecule has 0 fully saturated rings. The van der Waals surface area contributed by atoms with Gasteiger partial charge in [0.1, 0.15) is 16.2 Å². The maximum absolute atomic E-state index is 13.5. The van der Waals surface area contributed by atoms with E-state index in [-0.39, 0.29) is 17.9 Å². The zero-order valence-corrected chi connectivity index (χ0v) is 11.7. The van der Waals surface area contributed by atoms with E-state index in [4.69, 9.17) is 4.74 Å². The maximum Gasteiger partial charge on any atom is 0.216 e. The molecule has 0 spiro atoms. The van der Waals surface area contributed by atoms with Crippen molar-refractivity contribution in [1.82, 2.24) is 4.98 Å². The van der Waals surface area contributed by atoms with E-state index < -0.39 is 5.82 Å². The molecule has 0 radical (unpaired) electrons. The first-order valence-electron chi connectivity index (χ1n) is 5.52. The molecule has 0 aliphatic carbocycles. The number of ether oxygens (including phenoxy) is 1. The van der Waals surface area contributed by atoms with E-state index in [1.807, 2.05) is 0 Å². The molecule has 0 bridgehead atoms. The molecule has 0 saturated carbocycles. The molecular formula is C13H12BrFN2O2. The van der Waals surface area contributed by atoms with Crippen molar-refractivity contribution in [3.05, 3.63) is 46.3 Å². The van der Waals surface area contributed by atoms with Gasteiger partial charge in [0.05, 0.1) is 7.11 Å². The van der Waals surface area contributed by atoms with E-state index in [1.54, 1.807) is 12.1 Å². The van der Waals surface area contributed by atoms with Crippen LogP contribution in [0.15, 0.2) is 34.9 Å². The number of hydrogen-bond donors (Lipinski definition) is 2. The van der Waals surface area contributed by atoms with Crippen LogP contribution in [0.3, 0.4) is 0 Å². The van der Waals surface area contributed by atoms with Crippen LogP contribution in [0.2, 0.25) is 0 Å². The van der Waals surface area contributed by atoms with Gasteiger partial charge in [-0.15, -0.1) is 0 Å². The second-order valence-corrected chi connectivity index (χ2v) is 4.62. The highest BCUT2D eigenvalue weighted by atomic mass is 79.9. The number of nitrogens with one attached hydrogen (secondary N) is 1. The number of aromatic nitrogens is 1. The summed E-state index contributed by atoms with van der Waals surface area (Å²) in [7, 11) is 1.52. The number of benzene rings is 1. The van der Waals surface area contributed by atoms with Crippen LogP contribution >= 0.6 is 15.9 Å². The molecular weight excluding hydrogens is 315 g/mol. The minimum absolute atomic E-state index is 0.0763. The van der Waals surface area contributed by atoms with Crippen LogP contribution in [0.25, 0.3) is 0 Å². The van der Waals surface area contributed by atoms with E-state index in [0.717, 1.165) is 0 Å². The summed E-state index contributed by atoms with van der Waals surface area (Å²) in [4.78, 5) is 4.07. The molecule has 0 saturated heterocycles. The summed E-state index contributed by atoms with van der Waals surface area (Å²) in [6, 6.07) is 7.63. The highest BCUT2D eigenvalue weighted by molar-refractivity contribution is 9.10. The molecule has 0 aliphatic rings. The van der Waals surface area contributed by atoms with Crippen molar-refractivity contribution in [3.63, 3.8) is 0 Å². The fourth-order valence-corrected chi connectivity index (χ4v) is 2.01. The van der Waals surface area contributed by atoms with Crippen molar-refractivity contribution < 1.29 is 14.2 Å². The summed E-state index contributed by atoms with van der Waals surface area (Å²) in [5.74, 6) is -0.0881. The van der Waals surface area contributed by atoms with E-state index in [0.29, 0.717) is 16.2 Å². The molecule has 0 atom stereocenters. The Morgan fingerprint density at radius 1 is 1.42 bits per heavy atom. The molecule has 1 aromatic carbocycles. The molecule has 19 heavy (non-hydrogen) atoms. The van der Waals surface area contributed by atoms with Gasteiger partial charge < -0.3 is 15.2 Å². The quantitative estimate of drug-likeness (QED) is 0.846. The third-order valence-corrected chi connectivity index (χ3v) is 2.95. The predicted octanol–water partition coefficient (Wildman–Crippen LogP) is 3.31. The molecule has 2 rings (SSSR count). The number of nitrogens with zero attached hydrogens (tertiary/aromatic N) is 1. The molecule has 2 aromatic rings. The fourth-order valence-electron chi connectivity index (χ4n) is 1.59. The number of methoxy groups -OCH3 is 1. The fraction of sp³-hybridized carbons (Fsp3) is 0.154. The minimum Gasteiger partial charge on any atom is -0.507 e. The van der Waals surface area contributed by atoms with Crippen molar-refractivity contribution >= 4 is 21.6 Å². The second-order valence-electron chi connectivity index (χ2n) is 3.81. The minimum atomic E-state index is -0.451. The van der Waals surface area contributed by atoms with E-state index in [9.17, 15) is 9.50 Å². The van der Waals surface area contributed by atoms with Gasteiger partial charge in [-0.2, -0.15) is 0 Å². The van der Waals surface area contributed by atoms with Crippen LogP contribution in [0.4, 0.5) is 10.1 Å². The molecule has 1 heterocycles. The van der Waals surface area contributed by atoms with Crippen molar-refractivity contribution in [1.29, 1.82) is 0 Å². The largest absolute Gasteiger partial charge is 0.507 e. The normalized spacial score (nSPS) is 10.3. The van der Waals surface area contributed by atoms with Crippen LogP contribution in [-0.4, -0.2) is 17.2 Å². The first-order chi connectivity index (χ1) is 9.10. The SMILES string of the molecule is COc1cc(NCc2c(O)cccc2F)cc(Br)n1. The number of hydrogen-bond acceptors (Lipinski definition) is 4. The summed E-state index contributed by atoms with van der Waals surface area (Å²) in [6.45, 7) is 0.165. The van der Waals surface area contributed by atoms with Gasteiger partial charge in [-0.05, 0) is 34.1 Å². The molecule has 0 amide bonds. The summed E-state index contributed by atoms with van der Waals surface area (Å²) in [5.41, 5.74) is 0.927. The smallest absolute Gasteiger partial charge is 0.216 e. The number of anilines is 1. The third kappa shape index (κ3) is 3.35. The van der Waals surface area contributed by atoms with Crippen LogP contribution in [0.5, 0.6) is 11.6 Å². The first kappa shape index (κ1) is 13.6. The third-order valence-electron chi connectivity index (χ3n) is 2.54. The van der Waals surface area contributed by atoms with Gasteiger partial charge in [0.15, 0.2) is 0 Å². The van der Waals surface area contributed by atoms with Crippen LogP contribution in [0.1, 0.15) is 5.56 Å². The number of halogens is 2. The number of rotatable bonds is 4. The van der Waals surface area contributed by atoms with E-state index in [2.05, 4.69) is 26.2 Å². The van der Waals surface area contributed by atoms with Gasteiger partial charge in [0.2, 0.25) is 5.88 Å². The summed E-state index contributed by atoms with van der Waals surface area (Å²) >= 11 is 3.25. The Balaban J connectivity index is 2.16. The van der Waals surface area contributed by atoms with Crippen LogP contribution in [-0.2, 0) is 6.54 Å². The lowest BCUT2D eigenvalue weighted by atomic mass is 10.2. The Hall–Kier alpha value is -1.82. The van der Waals surface area contributed by atoms with E-state index >= 15 is 0 Å². The Kier molecular flexibility index (Phi) is 4.21. The highest BCUT2D eigenvalue weighted by Gasteiger charge is 2.08. The van der Waals surface area contributed by atoms with E-state index in [1.165, 1.54) is 25.3 Å². The first-order valence-corrected chi connectivity index (χ1v) is 6.31. The summed E-state index contributed by atoms with van der Waals surface area (Å²) in [6.07, 6.45) is 0. The summed E-state index contributed by atoms with van der Waals surface area (Å²) < 4.78 is 19.2. The Bertz CT molecular complexity index is 573. The topological polar surface area (TPSA) is 54.4 Å². The average molecular weight is 327 g/mol. The monoisotopic (exact) mass is 326 g/mol. The van der Waals surface area contributed by atoms with Crippen molar-refractivity contribution in [2.24, 2.45) is 0 Å². The van der Waals surface area contributed by atoms with Gasteiger partial charge in [-0.1, -0.05) is 6.07 Å². The molecule has 0 aliphatic heterocycles. The zero-order valence-electron chi connectivity index (χ0n) is 10.2. The van der Waals surface area contributed by atoms with Crippen molar-refractivity contribution in [2.45, 2.75) is 6.54 Å². The van der Waals surface area contributed by atoms with Gasteiger partial charge in [0.25, 0.3) is 0 Å². The standard InChI is InChI=1S/C13H12BrFN2O2/c1-19-13-6-8(5-12(14)17-13)16-7-9-10(15)3-2-4-11(9)18/h2-6,18H,7H2,1H3,(H,16,17). The van der Waals surface area contributed by atoms with Gasteiger partial charge in [-0.25, -0.2) is 9.37 Å². The second kappa shape index (κ2) is 5.88. The average Bonchev–Trinajstić information content (AvgIpc) is 2.37. The molecule has 100 valence electrons. The van der Waals surface area contributed by atoms with Crippen molar-refractivity contribution in [3.8, 4) is 11.6 Å². The van der Waals surface area contributed by atoms with Gasteiger partial charge in [-0.3, -0.25) is 0 Å². The number of phenolic OH excluding ortho intramolecular Hbond substituents is 1. The Labute approximate surface area is 118 Å².